The van der Waals surface area contributed by atoms with E-state index in [1.165, 1.54) is 12.7 Å². The average Bonchev–Trinajstić information content (AvgIpc) is 3.49. The van der Waals surface area contributed by atoms with Gasteiger partial charge in [0.1, 0.15) is 24.3 Å². The summed E-state index contributed by atoms with van der Waals surface area (Å²) in [6, 6.07) is 8.28. The highest BCUT2D eigenvalue weighted by Crippen LogP contribution is 2.20. The standard InChI is InChI=1S/C26H31N9O4/c1-33(2)11-5-10-27-26(38)20-12-18(13-34(20)3)31-21(36)14-35-16-30-22-23(28-15-29-24(22)35)32-25(37)17-6-8-19(39-4)9-7-17/h6-9,12-13,15-16H,5,10-11,14H2,1-4H3,(H,27,38)(H,31,36)(H,28,29,32,37). The summed E-state index contributed by atoms with van der Waals surface area (Å²) in [6.07, 6.45) is 5.26. The third kappa shape index (κ3) is 6.76. The molecule has 13 nitrogen and oxygen atoms in total. The number of ether oxygens (including phenoxy) is 1. The monoisotopic (exact) mass is 533 g/mol. The highest BCUT2D eigenvalue weighted by Gasteiger charge is 2.17. The van der Waals surface area contributed by atoms with Crippen molar-refractivity contribution in [1.29, 1.82) is 0 Å². The second-order valence-corrected chi connectivity index (χ2v) is 9.14. The Morgan fingerprint density at radius 2 is 1.79 bits per heavy atom. The van der Waals surface area contributed by atoms with Gasteiger partial charge in [0.25, 0.3) is 11.8 Å². The van der Waals surface area contributed by atoms with E-state index in [0.29, 0.717) is 40.4 Å². The average molecular weight is 534 g/mol. The van der Waals surface area contributed by atoms with E-state index < -0.39 is 0 Å². The number of carbonyl (C=O) groups is 3. The van der Waals surface area contributed by atoms with Crippen molar-refractivity contribution in [3.05, 3.63) is 60.4 Å². The van der Waals surface area contributed by atoms with Gasteiger partial charge in [0.2, 0.25) is 5.91 Å². The van der Waals surface area contributed by atoms with Crippen LogP contribution in [0.2, 0.25) is 0 Å². The molecule has 0 aliphatic carbocycles. The molecule has 0 unspecified atom stereocenters. The SMILES string of the molecule is COc1ccc(C(=O)Nc2ncnc3c2ncn3CC(=O)Nc2cc(C(=O)NCCCN(C)C)n(C)c2)cc1. The molecule has 0 saturated heterocycles. The van der Waals surface area contributed by atoms with E-state index in [0.717, 1.165) is 13.0 Å². The first-order valence-electron chi connectivity index (χ1n) is 12.3. The van der Waals surface area contributed by atoms with E-state index >= 15 is 0 Å². The van der Waals surface area contributed by atoms with Crippen molar-refractivity contribution in [3.63, 3.8) is 0 Å². The van der Waals surface area contributed by atoms with Gasteiger partial charge in [-0.2, -0.15) is 0 Å². The Balaban J connectivity index is 1.39. The molecule has 1 aromatic carbocycles. The predicted molar refractivity (Wildman–Crippen MR) is 146 cm³/mol. The number of imidazole rings is 1. The molecule has 4 rings (SSSR count). The molecule has 13 heteroatoms. The van der Waals surface area contributed by atoms with Crippen LogP contribution in [0.25, 0.3) is 11.2 Å². The van der Waals surface area contributed by atoms with Gasteiger partial charge in [-0.1, -0.05) is 0 Å². The van der Waals surface area contributed by atoms with Crippen LogP contribution in [0, 0.1) is 0 Å². The highest BCUT2D eigenvalue weighted by molar-refractivity contribution is 6.06. The van der Waals surface area contributed by atoms with Crippen LogP contribution in [0.5, 0.6) is 5.75 Å². The maximum Gasteiger partial charge on any atom is 0.267 e. The number of hydrogen-bond donors (Lipinski definition) is 3. The van der Waals surface area contributed by atoms with Gasteiger partial charge in [-0.15, -0.1) is 0 Å². The molecule has 3 heterocycles. The number of nitrogens with one attached hydrogen (secondary N) is 3. The number of anilines is 2. The van der Waals surface area contributed by atoms with Gasteiger partial charge in [0, 0.05) is 25.4 Å². The first-order valence-corrected chi connectivity index (χ1v) is 12.3. The summed E-state index contributed by atoms with van der Waals surface area (Å²) in [5, 5.41) is 8.43. The molecule has 0 aliphatic rings. The van der Waals surface area contributed by atoms with E-state index in [4.69, 9.17) is 4.74 Å². The van der Waals surface area contributed by atoms with Crippen LogP contribution in [-0.4, -0.2) is 81.0 Å². The van der Waals surface area contributed by atoms with Crippen molar-refractivity contribution in [3.8, 4) is 5.75 Å². The van der Waals surface area contributed by atoms with Crippen molar-refractivity contribution < 1.29 is 19.1 Å². The molecule has 0 fully saturated rings. The molecule has 0 aliphatic heterocycles. The fourth-order valence-corrected chi connectivity index (χ4v) is 3.91. The largest absolute Gasteiger partial charge is 0.497 e. The summed E-state index contributed by atoms with van der Waals surface area (Å²) >= 11 is 0. The van der Waals surface area contributed by atoms with Crippen LogP contribution in [0.1, 0.15) is 27.3 Å². The summed E-state index contributed by atoms with van der Waals surface area (Å²) in [5.41, 5.74) is 2.09. The molecule has 204 valence electrons. The Kier molecular flexibility index (Phi) is 8.51. The van der Waals surface area contributed by atoms with Crippen LogP contribution in [0.3, 0.4) is 0 Å². The van der Waals surface area contributed by atoms with Gasteiger partial charge < -0.3 is 34.7 Å². The number of nitrogens with zero attached hydrogens (tertiary/aromatic N) is 6. The number of fused-ring (bicyclic) bond motifs is 1. The normalized spacial score (nSPS) is 11.0. The summed E-state index contributed by atoms with van der Waals surface area (Å²) < 4.78 is 8.33. The third-order valence-corrected chi connectivity index (χ3v) is 5.89. The fourth-order valence-electron chi connectivity index (χ4n) is 3.91. The van der Waals surface area contributed by atoms with Crippen LogP contribution >= 0.6 is 0 Å². The Bertz CT molecular complexity index is 1470. The third-order valence-electron chi connectivity index (χ3n) is 5.89. The van der Waals surface area contributed by atoms with Crippen molar-refractivity contribution in [2.24, 2.45) is 7.05 Å². The van der Waals surface area contributed by atoms with Crippen molar-refractivity contribution >= 4 is 40.4 Å². The zero-order chi connectivity index (χ0) is 27.9. The lowest BCUT2D eigenvalue weighted by Gasteiger charge is -2.10. The van der Waals surface area contributed by atoms with Gasteiger partial charge in [-0.25, -0.2) is 15.0 Å². The van der Waals surface area contributed by atoms with Crippen LogP contribution < -0.4 is 20.7 Å². The molecule has 0 atom stereocenters. The van der Waals surface area contributed by atoms with Gasteiger partial charge in [0.05, 0.1) is 19.1 Å². The topological polar surface area (TPSA) is 148 Å². The molecule has 3 amide bonds. The van der Waals surface area contributed by atoms with E-state index in [2.05, 4.69) is 35.8 Å². The molecule has 4 aromatic rings. The lowest BCUT2D eigenvalue weighted by molar-refractivity contribution is -0.116. The molecular formula is C26H31N9O4. The molecule has 39 heavy (non-hydrogen) atoms. The van der Waals surface area contributed by atoms with Gasteiger partial charge in [-0.05, 0) is 57.4 Å². The summed E-state index contributed by atoms with van der Waals surface area (Å²) in [4.78, 5) is 52.7. The number of methoxy groups -OCH3 is 1. The van der Waals surface area contributed by atoms with E-state index in [1.54, 1.807) is 59.8 Å². The quantitative estimate of drug-likeness (QED) is 0.247. The van der Waals surface area contributed by atoms with E-state index in [9.17, 15) is 14.4 Å². The number of carbonyl (C=O) groups excluding carboxylic acids is 3. The maximum atomic E-state index is 12.8. The molecule has 0 spiro atoms. The van der Waals surface area contributed by atoms with E-state index in [-0.39, 0.29) is 30.1 Å². The lowest BCUT2D eigenvalue weighted by Crippen LogP contribution is -2.28. The van der Waals surface area contributed by atoms with Crippen molar-refractivity contribution in [1.82, 2.24) is 34.3 Å². The van der Waals surface area contributed by atoms with Gasteiger partial charge >= 0.3 is 0 Å². The second-order valence-electron chi connectivity index (χ2n) is 9.14. The Morgan fingerprint density at radius 3 is 2.51 bits per heavy atom. The number of benzene rings is 1. The number of hydrogen-bond acceptors (Lipinski definition) is 8. The first kappa shape index (κ1) is 27.3. The lowest BCUT2D eigenvalue weighted by atomic mass is 10.2. The predicted octanol–water partition coefficient (Wildman–Crippen LogP) is 1.75. The second kappa shape index (κ2) is 12.2. The Hall–Kier alpha value is -4.78. The zero-order valence-electron chi connectivity index (χ0n) is 22.3. The van der Waals surface area contributed by atoms with Crippen LogP contribution in [-0.2, 0) is 18.4 Å². The van der Waals surface area contributed by atoms with Gasteiger partial charge in [0.15, 0.2) is 17.0 Å². The summed E-state index contributed by atoms with van der Waals surface area (Å²) in [7, 11) is 7.25. The Labute approximate surface area is 225 Å². The zero-order valence-corrected chi connectivity index (χ0v) is 22.3. The molecule has 3 aromatic heterocycles. The molecule has 0 radical (unpaired) electrons. The minimum Gasteiger partial charge on any atom is -0.497 e. The highest BCUT2D eigenvalue weighted by atomic mass is 16.5. The van der Waals surface area contributed by atoms with Gasteiger partial charge in [-0.3, -0.25) is 14.4 Å². The number of amides is 3. The fraction of sp³-hybridized carbons (Fsp3) is 0.308. The van der Waals surface area contributed by atoms with Crippen LogP contribution in [0.15, 0.2) is 49.2 Å². The minimum absolute atomic E-state index is 0.0830. The van der Waals surface area contributed by atoms with E-state index in [1.807, 2.05) is 14.1 Å². The molecule has 0 bridgehead atoms. The molecular weight excluding hydrogens is 502 g/mol. The van der Waals surface area contributed by atoms with Crippen LogP contribution in [0.4, 0.5) is 11.5 Å². The van der Waals surface area contributed by atoms with Crippen molar-refractivity contribution in [2.75, 3.05) is 44.9 Å². The maximum absolute atomic E-state index is 12.8. The summed E-state index contributed by atoms with van der Waals surface area (Å²) in [6.45, 7) is 1.35. The number of rotatable bonds is 11. The number of aromatic nitrogens is 5. The van der Waals surface area contributed by atoms with Crippen molar-refractivity contribution in [2.45, 2.75) is 13.0 Å². The molecule has 0 saturated carbocycles. The Morgan fingerprint density at radius 1 is 1.03 bits per heavy atom. The smallest absolute Gasteiger partial charge is 0.267 e. The first-order chi connectivity index (χ1) is 18.7. The molecule has 3 N–H and O–H groups in total. The summed E-state index contributed by atoms with van der Waals surface area (Å²) in [5.74, 6) is -0.0482. The minimum atomic E-state index is -0.369. The number of aryl methyl sites for hydroxylation is 1.